The molecule has 0 aromatic carbocycles. The first-order valence-electron chi connectivity index (χ1n) is 1.65. The smallest absolute Gasteiger partial charge is 0.111 e. The van der Waals surface area contributed by atoms with Gasteiger partial charge in [-0.2, -0.15) is 0 Å². The highest BCUT2D eigenvalue weighted by Gasteiger charge is 2.11. The second kappa shape index (κ2) is 1.43. The number of hydrogen-bond acceptors (Lipinski definition) is 1. The number of rotatable bonds is 0. The topological polar surface area (TPSA) is 9.23 Å². The fraction of sp³-hybridized carbons (Fsp3) is 1.00. The number of hydrogen-bond donors (Lipinski definition) is 0. The van der Waals surface area contributed by atoms with E-state index in [4.69, 9.17) is 4.74 Å². The lowest BCUT2D eigenvalue weighted by Crippen LogP contribution is -2.18. The Morgan fingerprint density at radius 2 is 2.20 bits per heavy atom. The van der Waals surface area contributed by atoms with Crippen LogP contribution in [0.4, 0.5) is 0 Å². The summed E-state index contributed by atoms with van der Waals surface area (Å²) in [6.45, 7) is 0.980. The Hall–Kier alpha value is 0.690. The van der Waals surface area contributed by atoms with Crippen LogP contribution in [0.5, 0.6) is 0 Å². The summed E-state index contributed by atoms with van der Waals surface area (Å²) in [6.07, 6.45) is 1.25. The van der Waals surface area contributed by atoms with Gasteiger partial charge >= 0.3 is 0 Å². The van der Waals surface area contributed by atoms with Gasteiger partial charge in [-0.1, -0.05) is 22.6 Å². The molecule has 0 aromatic rings. The molecule has 0 spiro atoms. The Balaban J connectivity index is 2.08. The lowest BCUT2D eigenvalue weighted by Gasteiger charge is -2.18. The first-order chi connectivity index (χ1) is 2.39. The van der Waals surface area contributed by atoms with Crippen LogP contribution in [-0.2, 0) is 4.74 Å². The third-order valence-electron chi connectivity index (χ3n) is 0.644. The van der Waals surface area contributed by atoms with Crippen LogP contribution in [-0.4, -0.2) is 10.7 Å². The molecule has 0 amide bonds. The van der Waals surface area contributed by atoms with Crippen molar-refractivity contribution in [2.45, 2.75) is 10.5 Å². The molecule has 0 N–H and O–H groups in total. The Kier molecular flexibility index (Phi) is 1.10. The summed E-state index contributed by atoms with van der Waals surface area (Å²) >= 11 is 2.27. The van der Waals surface area contributed by atoms with E-state index in [2.05, 4.69) is 22.6 Å². The molecule has 1 saturated heterocycles. The van der Waals surface area contributed by atoms with Crippen molar-refractivity contribution in [2.75, 3.05) is 6.61 Å². The maximum atomic E-state index is 4.92. The van der Waals surface area contributed by atoms with Crippen LogP contribution in [0.25, 0.3) is 0 Å². The van der Waals surface area contributed by atoms with Crippen LogP contribution < -0.4 is 0 Å². The third-order valence-corrected chi connectivity index (χ3v) is 1.63. The molecule has 1 rings (SSSR count). The molecule has 0 radical (unpaired) electrons. The van der Waals surface area contributed by atoms with Crippen molar-refractivity contribution in [1.82, 2.24) is 0 Å². The minimum atomic E-state index is 0.535. The van der Waals surface area contributed by atoms with E-state index < -0.39 is 0 Å². The van der Waals surface area contributed by atoms with Crippen molar-refractivity contribution >= 4 is 22.6 Å². The van der Waals surface area contributed by atoms with Crippen molar-refractivity contribution in [3.8, 4) is 0 Å². The molecule has 0 aliphatic carbocycles. The Bertz CT molecular complexity index is 33.9. The summed E-state index contributed by atoms with van der Waals surface area (Å²) < 4.78 is 5.45. The second-order valence-corrected chi connectivity index (χ2v) is 2.46. The maximum Gasteiger partial charge on any atom is 0.111 e. The Morgan fingerprint density at radius 3 is 2.20 bits per heavy atom. The molecule has 0 aromatic heterocycles. The van der Waals surface area contributed by atoms with Gasteiger partial charge in [-0.3, -0.25) is 0 Å². The van der Waals surface area contributed by atoms with Crippen molar-refractivity contribution in [2.24, 2.45) is 0 Å². The summed E-state index contributed by atoms with van der Waals surface area (Å²) in [5, 5.41) is 0. The van der Waals surface area contributed by atoms with E-state index >= 15 is 0 Å². The number of halogens is 1. The van der Waals surface area contributed by atoms with Gasteiger partial charge < -0.3 is 4.74 Å². The molecule has 1 aliphatic rings. The van der Waals surface area contributed by atoms with Crippen molar-refractivity contribution < 1.29 is 4.74 Å². The van der Waals surface area contributed by atoms with Crippen LogP contribution in [0.2, 0.25) is 0 Å². The predicted molar refractivity (Wildman–Crippen MR) is 28.4 cm³/mol. The zero-order valence-corrected chi connectivity index (χ0v) is 4.94. The fourth-order valence-corrected chi connectivity index (χ4v) is 0.715. The molecule has 1 unspecified atom stereocenters. The minimum Gasteiger partial charge on any atom is -0.368 e. The minimum absolute atomic E-state index is 0.535. The van der Waals surface area contributed by atoms with E-state index in [1.54, 1.807) is 0 Å². The van der Waals surface area contributed by atoms with E-state index in [1.165, 1.54) is 6.42 Å². The lowest BCUT2D eigenvalue weighted by atomic mass is 10.4. The normalized spacial score (nSPS) is 36.6. The highest BCUT2D eigenvalue weighted by atomic mass is 127. The van der Waals surface area contributed by atoms with E-state index in [0.29, 0.717) is 4.11 Å². The molecule has 0 saturated carbocycles. The molecule has 1 nitrogen and oxygen atoms in total. The molecule has 1 heterocycles. The van der Waals surface area contributed by atoms with E-state index in [9.17, 15) is 0 Å². The number of ether oxygens (including phenoxy) is 1. The van der Waals surface area contributed by atoms with E-state index in [-0.39, 0.29) is 0 Å². The first kappa shape index (κ1) is 3.87. The van der Waals surface area contributed by atoms with Gasteiger partial charge in [0.25, 0.3) is 0 Å². The summed E-state index contributed by atoms with van der Waals surface area (Å²) in [4.78, 5) is 0. The van der Waals surface area contributed by atoms with E-state index in [1.807, 2.05) is 0 Å². The average Bonchev–Trinajstić information content (AvgIpc) is 1.30. The van der Waals surface area contributed by atoms with Crippen LogP contribution in [0.15, 0.2) is 0 Å². The molecular formula is C3H5IO. The van der Waals surface area contributed by atoms with Crippen LogP contribution in [0.1, 0.15) is 6.42 Å². The molecule has 30 valence electrons. The maximum absolute atomic E-state index is 4.92. The summed E-state index contributed by atoms with van der Waals surface area (Å²) in [7, 11) is 0. The SMILES string of the molecule is IC1CCO1. The van der Waals surface area contributed by atoms with Gasteiger partial charge in [0.15, 0.2) is 0 Å². The van der Waals surface area contributed by atoms with Crippen LogP contribution >= 0.6 is 22.6 Å². The van der Waals surface area contributed by atoms with Gasteiger partial charge in [0.2, 0.25) is 0 Å². The molecule has 1 aliphatic heterocycles. The highest BCUT2D eigenvalue weighted by molar-refractivity contribution is 14.1. The molecule has 0 bridgehead atoms. The predicted octanol–water partition coefficient (Wildman–Crippen LogP) is 1.17. The summed E-state index contributed by atoms with van der Waals surface area (Å²) in [5.41, 5.74) is 0. The van der Waals surface area contributed by atoms with Crippen LogP contribution in [0, 0.1) is 0 Å². The van der Waals surface area contributed by atoms with Gasteiger partial charge in [-0.05, 0) is 0 Å². The number of alkyl halides is 1. The quantitative estimate of drug-likeness (QED) is 0.405. The fourth-order valence-electron chi connectivity index (χ4n) is 0.207. The van der Waals surface area contributed by atoms with Gasteiger partial charge in [-0.25, -0.2) is 0 Å². The van der Waals surface area contributed by atoms with Gasteiger partial charge in [0.1, 0.15) is 4.11 Å². The Labute approximate surface area is 44.8 Å². The lowest BCUT2D eigenvalue weighted by molar-refractivity contribution is 0.0215. The molecule has 1 atom stereocenters. The van der Waals surface area contributed by atoms with Gasteiger partial charge in [0.05, 0.1) is 6.61 Å². The van der Waals surface area contributed by atoms with Gasteiger partial charge in [-0.15, -0.1) is 0 Å². The van der Waals surface area contributed by atoms with Gasteiger partial charge in [0, 0.05) is 6.42 Å². The zero-order chi connectivity index (χ0) is 3.70. The average molecular weight is 184 g/mol. The monoisotopic (exact) mass is 184 g/mol. The van der Waals surface area contributed by atoms with Crippen molar-refractivity contribution in [1.29, 1.82) is 0 Å². The highest BCUT2D eigenvalue weighted by Crippen LogP contribution is 2.16. The Morgan fingerprint density at radius 1 is 1.80 bits per heavy atom. The molecular weight excluding hydrogens is 179 g/mol. The first-order valence-corrected chi connectivity index (χ1v) is 2.90. The largest absolute Gasteiger partial charge is 0.368 e. The second-order valence-electron chi connectivity index (χ2n) is 1.07. The van der Waals surface area contributed by atoms with Crippen molar-refractivity contribution in [3.63, 3.8) is 0 Å². The summed E-state index contributed by atoms with van der Waals surface area (Å²) in [5.74, 6) is 0. The van der Waals surface area contributed by atoms with Crippen molar-refractivity contribution in [3.05, 3.63) is 0 Å². The van der Waals surface area contributed by atoms with Crippen LogP contribution in [0.3, 0.4) is 0 Å². The standard InChI is InChI=1S/C3H5IO/c4-3-1-2-5-3/h3H,1-2H2. The molecule has 2 heteroatoms. The summed E-state index contributed by atoms with van der Waals surface area (Å²) in [6, 6.07) is 0. The third kappa shape index (κ3) is 0.758. The van der Waals surface area contributed by atoms with E-state index in [0.717, 1.165) is 6.61 Å². The molecule has 5 heavy (non-hydrogen) atoms. The molecule has 1 fully saturated rings. The zero-order valence-electron chi connectivity index (χ0n) is 2.78.